The van der Waals surface area contributed by atoms with Gasteiger partial charge in [0.25, 0.3) is 0 Å². The summed E-state index contributed by atoms with van der Waals surface area (Å²) in [5.74, 6) is -0.896. The molecule has 9 fully saturated rings. The smallest absolute Gasteiger partial charge is 0.303 e. The number of ether oxygens (including phenoxy) is 2. The van der Waals surface area contributed by atoms with Gasteiger partial charge in [-0.2, -0.15) is 0 Å². The van der Waals surface area contributed by atoms with Gasteiger partial charge in [-0.3, -0.25) is 14.5 Å². The van der Waals surface area contributed by atoms with Crippen LogP contribution in [0.25, 0.3) is 0 Å². The Kier molecular flexibility index (Phi) is 3.83. The molecule has 7 nitrogen and oxygen atoms in total. The second-order valence-electron chi connectivity index (χ2n) is 12.1. The lowest BCUT2D eigenvalue weighted by molar-refractivity contribution is -0.284. The van der Waals surface area contributed by atoms with Crippen molar-refractivity contribution in [3.8, 4) is 0 Å². The predicted molar refractivity (Wildman–Crippen MR) is 115 cm³/mol. The van der Waals surface area contributed by atoms with Gasteiger partial charge in [0, 0.05) is 55.1 Å². The van der Waals surface area contributed by atoms with Crippen LogP contribution in [0, 0.1) is 34.0 Å². The van der Waals surface area contributed by atoms with Gasteiger partial charge in [0.2, 0.25) is 0 Å². The molecule has 0 aromatic rings. The summed E-state index contributed by atoms with van der Waals surface area (Å²) in [6, 6.07) is 0.176. The van der Waals surface area contributed by atoms with E-state index in [4.69, 9.17) is 9.47 Å². The van der Waals surface area contributed by atoms with Crippen molar-refractivity contribution in [3.05, 3.63) is 12.2 Å². The monoisotopic (exact) mass is 465 g/mol. The molecule has 0 aromatic carbocycles. The molecule has 3 aliphatic heterocycles. The van der Waals surface area contributed by atoms with Crippen LogP contribution in [0.5, 0.6) is 0 Å². The number of rotatable bonds is 2. The Bertz CT molecular complexity index is 972. The first-order valence-electron chi connectivity index (χ1n) is 11.7. The summed E-state index contributed by atoms with van der Waals surface area (Å²) in [5, 5.41) is 24.4. The molecule has 2 N–H and O–H groups in total. The standard InChI is InChI=1S/C24H31NO6.ClH/c1-10-5-22-8-14-17-21(4)6-13(30-11(2)26)7-23(17)18(22)16(28)15(10)19(31-12(3)27)24(22,29)20(23)25(14)9-21;/h13-20,28-29H,1,5-9H2,2-4H3;1H/t13?,14-,15?,16?,17+,18+,19?,20?,21-,22?,23?,24?;/m0./s1. The number of halogens is 1. The lowest BCUT2D eigenvalue weighted by Gasteiger charge is -2.68. The number of fused-ring (bicyclic) bond motifs is 1. The highest BCUT2D eigenvalue weighted by molar-refractivity contribution is 5.85. The number of esters is 2. The van der Waals surface area contributed by atoms with Crippen LogP contribution in [0.1, 0.15) is 46.5 Å². The predicted octanol–water partition coefficient (Wildman–Crippen LogP) is 1.44. The van der Waals surface area contributed by atoms with Gasteiger partial charge in [-0.1, -0.05) is 19.1 Å². The third kappa shape index (κ3) is 1.82. The van der Waals surface area contributed by atoms with E-state index in [1.807, 2.05) is 0 Å². The lowest BCUT2D eigenvalue weighted by Crippen LogP contribution is -2.77. The second-order valence-corrected chi connectivity index (χ2v) is 12.1. The number of nitrogens with zero attached hydrogens (tertiary/aromatic N) is 1. The van der Waals surface area contributed by atoms with Gasteiger partial charge in [-0.25, -0.2) is 0 Å². The van der Waals surface area contributed by atoms with E-state index in [1.165, 1.54) is 13.8 Å². The van der Waals surface area contributed by atoms with Crippen LogP contribution >= 0.6 is 12.4 Å². The van der Waals surface area contributed by atoms with E-state index < -0.39 is 35.1 Å². The number of hydrogen-bond acceptors (Lipinski definition) is 7. The van der Waals surface area contributed by atoms with Crippen LogP contribution in [-0.4, -0.2) is 69.6 Å². The minimum Gasteiger partial charge on any atom is -0.463 e. The van der Waals surface area contributed by atoms with E-state index in [1.54, 1.807) is 0 Å². The van der Waals surface area contributed by atoms with Crippen LogP contribution in [0.4, 0.5) is 0 Å². The third-order valence-corrected chi connectivity index (χ3v) is 10.9. The van der Waals surface area contributed by atoms with Gasteiger partial charge >= 0.3 is 11.9 Å². The third-order valence-electron chi connectivity index (χ3n) is 10.9. The number of aliphatic hydroxyl groups excluding tert-OH is 1. The highest BCUT2D eigenvalue weighted by Crippen LogP contribution is 2.88. The van der Waals surface area contributed by atoms with Crippen LogP contribution < -0.4 is 0 Å². The molecular weight excluding hydrogens is 434 g/mol. The first-order chi connectivity index (χ1) is 14.5. The summed E-state index contributed by atoms with van der Waals surface area (Å²) >= 11 is 0. The van der Waals surface area contributed by atoms with Crippen LogP contribution in [0.2, 0.25) is 0 Å². The molecule has 8 heteroatoms. The van der Waals surface area contributed by atoms with Crippen LogP contribution in [-0.2, 0) is 19.1 Å². The normalized spacial score (nSPS) is 61.5. The Morgan fingerprint density at radius 3 is 2.47 bits per heavy atom. The highest BCUT2D eigenvalue weighted by atomic mass is 35.5. The molecule has 0 amide bonds. The minimum atomic E-state index is -1.21. The van der Waals surface area contributed by atoms with E-state index in [0.717, 1.165) is 25.0 Å². The Balaban J connectivity index is 0.00000196. The molecule has 9 bridgehead atoms. The molecule has 9 rings (SSSR count). The SMILES string of the molecule is C=C1CC23C[C@H]4[C@H]5C67CC(OC(C)=O)C[C@@]5(C)CN4C6C2(O)C(OC(C)=O)C1C(O)[C@@H]73.Cl. The highest BCUT2D eigenvalue weighted by Gasteiger charge is 2.95. The maximum Gasteiger partial charge on any atom is 0.303 e. The zero-order valence-corrected chi connectivity index (χ0v) is 19.6. The van der Waals surface area contributed by atoms with Crippen molar-refractivity contribution in [2.24, 2.45) is 34.0 Å². The summed E-state index contributed by atoms with van der Waals surface area (Å²) in [7, 11) is 0. The molecule has 0 aromatic heterocycles. The average molecular weight is 466 g/mol. The fourth-order valence-electron chi connectivity index (χ4n) is 11.3. The molecule has 9 aliphatic rings. The summed E-state index contributed by atoms with van der Waals surface area (Å²) in [6.07, 6.45) is 1.30. The van der Waals surface area contributed by atoms with Crippen molar-refractivity contribution in [1.82, 2.24) is 4.90 Å². The summed E-state index contributed by atoms with van der Waals surface area (Å²) in [4.78, 5) is 26.5. The molecule has 0 radical (unpaired) electrons. The Hall–Kier alpha value is -1.15. The zero-order valence-electron chi connectivity index (χ0n) is 18.7. The number of carbonyl (C=O) groups excluding carboxylic acids is 2. The first kappa shape index (κ1) is 21.4. The summed E-state index contributed by atoms with van der Waals surface area (Å²) in [6.45, 7) is 10.3. The van der Waals surface area contributed by atoms with E-state index in [-0.39, 0.29) is 47.3 Å². The van der Waals surface area contributed by atoms with Crippen molar-refractivity contribution in [2.45, 2.75) is 82.5 Å². The van der Waals surface area contributed by atoms with Crippen molar-refractivity contribution in [2.75, 3.05) is 6.54 Å². The molecule has 32 heavy (non-hydrogen) atoms. The largest absolute Gasteiger partial charge is 0.463 e. The second kappa shape index (κ2) is 5.73. The summed E-state index contributed by atoms with van der Waals surface area (Å²) < 4.78 is 11.6. The van der Waals surface area contributed by atoms with Crippen LogP contribution in [0.3, 0.4) is 0 Å². The molecule has 2 spiro atoms. The molecule has 3 heterocycles. The van der Waals surface area contributed by atoms with E-state index in [0.29, 0.717) is 24.8 Å². The van der Waals surface area contributed by atoms with Gasteiger partial charge in [-0.15, -0.1) is 12.4 Å². The van der Waals surface area contributed by atoms with Crippen molar-refractivity contribution in [1.29, 1.82) is 0 Å². The Morgan fingerprint density at radius 1 is 1.12 bits per heavy atom. The molecule has 6 aliphatic carbocycles. The van der Waals surface area contributed by atoms with Gasteiger partial charge in [0.05, 0.1) is 6.10 Å². The van der Waals surface area contributed by atoms with Gasteiger partial charge < -0.3 is 19.7 Å². The number of hydrogen-bond donors (Lipinski definition) is 2. The Labute approximate surface area is 193 Å². The fourth-order valence-corrected chi connectivity index (χ4v) is 11.3. The maximum atomic E-state index is 12.6. The fraction of sp³-hybridized carbons (Fsp3) is 0.833. The molecule has 176 valence electrons. The molecule has 9 unspecified atom stereocenters. The van der Waals surface area contributed by atoms with Gasteiger partial charge in [0.1, 0.15) is 17.8 Å². The lowest BCUT2D eigenvalue weighted by atomic mass is 9.39. The number of aliphatic hydroxyl groups is 2. The first-order valence-corrected chi connectivity index (χ1v) is 11.7. The molecule has 13 atom stereocenters. The Morgan fingerprint density at radius 2 is 1.81 bits per heavy atom. The van der Waals surface area contributed by atoms with Gasteiger partial charge in [0.15, 0.2) is 0 Å². The quantitative estimate of drug-likeness (QED) is 0.470. The van der Waals surface area contributed by atoms with Crippen molar-refractivity contribution in [3.63, 3.8) is 0 Å². The van der Waals surface area contributed by atoms with E-state index in [2.05, 4.69) is 18.4 Å². The van der Waals surface area contributed by atoms with E-state index in [9.17, 15) is 19.8 Å². The topological polar surface area (TPSA) is 96.3 Å². The zero-order chi connectivity index (χ0) is 21.9. The number of piperidine rings is 2. The maximum absolute atomic E-state index is 12.6. The van der Waals surface area contributed by atoms with E-state index >= 15 is 0 Å². The summed E-state index contributed by atoms with van der Waals surface area (Å²) in [5.41, 5.74) is -1.20. The average Bonchev–Trinajstić information content (AvgIpc) is 3.03. The number of carbonyl (C=O) groups is 2. The van der Waals surface area contributed by atoms with Gasteiger partial charge in [-0.05, 0) is 37.0 Å². The minimum absolute atomic E-state index is 0. The molecule has 6 saturated carbocycles. The van der Waals surface area contributed by atoms with Crippen molar-refractivity contribution >= 4 is 24.3 Å². The van der Waals surface area contributed by atoms with Crippen LogP contribution in [0.15, 0.2) is 12.2 Å². The molecule has 3 saturated heterocycles. The van der Waals surface area contributed by atoms with Crippen molar-refractivity contribution < 1.29 is 29.3 Å². The molecular formula is C24H32ClNO6.